The summed E-state index contributed by atoms with van der Waals surface area (Å²) in [5.41, 5.74) is 5.60. The van der Waals surface area contributed by atoms with E-state index in [1.165, 1.54) is 0 Å². The Labute approximate surface area is 228 Å². The van der Waals surface area contributed by atoms with E-state index in [1.807, 2.05) is 73.7 Å². The fourth-order valence-electron chi connectivity index (χ4n) is 4.28. The van der Waals surface area contributed by atoms with Crippen LogP contribution < -0.4 is 10.6 Å². The van der Waals surface area contributed by atoms with E-state index in [0.717, 1.165) is 33.3 Å². The molecular formula is C30H22N8O2. The molecule has 0 unspecified atom stereocenters. The summed E-state index contributed by atoms with van der Waals surface area (Å²) in [5, 5.41) is 19.4. The summed E-state index contributed by atoms with van der Waals surface area (Å²) in [6.07, 6.45) is 0. The van der Waals surface area contributed by atoms with Gasteiger partial charge in [0.15, 0.2) is 5.82 Å². The second-order valence-electron chi connectivity index (χ2n) is 9.04. The molecule has 0 aliphatic heterocycles. The van der Waals surface area contributed by atoms with Crippen LogP contribution in [0.5, 0.6) is 0 Å². The van der Waals surface area contributed by atoms with Gasteiger partial charge in [0.1, 0.15) is 0 Å². The minimum absolute atomic E-state index is 0.127. The number of anilines is 2. The number of amides is 2. The van der Waals surface area contributed by atoms with Crippen LogP contribution in [0, 0.1) is 6.92 Å². The average Bonchev–Trinajstić information content (AvgIpc) is 3.51. The topological polar surface area (TPSA) is 138 Å². The van der Waals surface area contributed by atoms with E-state index in [-0.39, 0.29) is 11.9 Å². The van der Waals surface area contributed by atoms with Crippen molar-refractivity contribution >= 4 is 34.4 Å². The highest BCUT2D eigenvalue weighted by atomic mass is 16.2. The number of fused-ring (bicyclic) bond motifs is 1. The molecule has 6 aromatic rings. The highest BCUT2D eigenvalue weighted by Gasteiger charge is 2.15. The number of benzene rings is 4. The highest BCUT2D eigenvalue weighted by Crippen LogP contribution is 2.29. The molecule has 0 saturated carbocycles. The Bertz CT molecular complexity index is 1840. The van der Waals surface area contributed by atoms with Gasteiger partial charge in [-0.1, -0.05) is 71.8 Å². The van der Waals surface area contributed by atoms with Gasteiger partial charge in [0, 0.05) is 33.3 Å². The fourth-order valence-corrected chi connectivity index (χ4v) is 4.28. The monoisotopic (exact) mass is 526 g/mol. The van der Waals surface area contributed by atoms with Gasteiger partial charge >= 0.3 is 0 Å². The lowest BCUT2D eigenvalue weighted by molar-refractivity contribution is 0.101. The van der Waals surface area contributed by atoms with Crippen molar-refractivity contribution in [2.45, 2.75) is 6.92 Å². The summed E-state index contributed by atoms with van der Waals surface area (Å²) >= 11 is 0. The van der Waals surface area contributed by atoms with Crippen LogP contribution in [0.15, 0.2) is 97.1 Å². The maximum atomic E-state index is 13.1. The Morgan fingerprint density at radius 1 is 0.725 bits per heavy atom. The molecule has 2 aromatic heterocycles. The molecule has 10 nitrogen and oxygen atoms in total. The zero-order chi connectivity index (χ0) is 27.5. The number of aromatic amines is 1. The van der Waals surface area contributed by atoms with E-state index in [0.29, 0.717) is 22.6 Å². The smallest absolute Gasteiger partial charge is 0.258 e. The quantitative estimate of drug-likeness (QED) is 0.268. The van der Waals surface area contributed by atoms with Crippen LogP contribution in [0.1, 0.15) is 26.3 Å². The number of rotatable bonds is 6. The van der Waals surface area contributed by atoms with Gasteiger partial charge in [-0.15, -0.1) is 0 Å². The van der Waals surface area contributed by atoms with Crippen molar-refractivity contribution in [1.82, 2.24) is 30.6 Å². The molecule has 3 N–H and O–H groups in total. The molecule has 40 heavy (non-hydrogen) atoms. The lowest BCUT2D eigenvalue weighted by Crippen LogP contribution is -2.16. The van der Waals surface area contributed by atoms with Crippen molar-refractivity contribution in [3.05, 3.63) is 114 Å². The summed E-state index contributed by atoms with van der Waals surface area (Å²) in [6.45, 7) is 1.85. The third-order valence-electron chi connectivity index (χ3n) is 6.38. The van der Waals surface area contributed by atoms with E-state index in [1.54, 1.807) is 30.3 Å². The number of hydrogen-bond donors (Lipinski definition) is 3. The zero-order valence-electron chi connectivity index (χ0n) is 21.3. The average molecular weight is 527 g/mol. The van der Waals surface area contributed by atoms with Gasteiger partial charge in [0.25, 0.3) is 11.8 Å². The second kappa shape index (κ2) is 10.5. The highest BCUT2D eigenvalue weighted by molar-refractivity contribution is 6.07. The fraction of sp³-hybridized carbons (Fsp3) is 0.0333. The summed E-state index contributed by atoms with van der Waals surface area (Å²) in [7, 11) is 0. The maximum Gasteiger partial charge on any atom is 0.258 e. The van der Waals surface area contributed by atoms with Crippen LogP contribution in [0.2, 0.25) is 0 Å². The molecule has 0 radical (unpaired) electrons. The summed E-state index contributed by atoms with van der Waals surface area (Å²) in [6, 6.07) is 30.0. The second-order valence-corrected chi connectivity index (χ2v) is 9.04. The molecule has 4 aromatic carbocycles. The number of nitrogens with one attached hydrogen (secondary N) is 3. The first-order valence-electron chi connectivity index (χ1n) is 12.4. The van der Waals surface area contributed by atoms with E-state index in [4.69, 9.17) is 9.97 Å². The van der Waals surface area contributed by atoms with E-state index >= 15 is 0 Å². The lowest BCUT2D eigenvalue weighted by Gasteiger charge is -2.11. The Hall–Kier alpha value is -5.77. The number of aryl methyl sites for hydroxylation is 1. The minimum Gasteiger partial charge on any atom is -0.322 e. The first-order valence-corrected chi connectivity index (χ1v) is 12.4. The molecule has 0 aliphatic carbocycles. The number of H-pyrrole nitrogens is 1. The number of nitrogens with zero attached hydrogens (tertiary/aromatic N) is 5. The van der Waals surface area contributed by atoms with Gasteiger partial charge in [-0.25, -0.2) is 15.1 Å². The van der Waals surface area contributed by atoms with Crippen molar-refractivity contribution in [2.75, 3.05) is 10.6 Å². The summed E-state index contributed by atoms with van der Waals surface area (Å²) < 4.78 is 0. The van der Waals surface area contributed by atoms with Crippen LogP contribution in [-0.4, -0.2) is 42.4 Å². The molecule has 0 atom stereocenters. The van der Waals surface area contributed by atoms with Crippen molar-refractivity contribution in [1.29, 1.82) is 0 Å². The summed E-state index contributed by atoms with van der Waals surface area (Å²) in [4.78, 5) is 35.3. The Morgan fingerprint density at radius 3 is 2.23 bits per heavy atom. The molecule has 0 bridgehead atoms. The van der Waals surface area contributed by atoms with E-state index < -0.39 is 5.91 Å². The molecule has 10 heteroatoms. The third kappa shape index (κ3) is 5.01. The first kappa shape index (κ1) is 24.6. The van der Waals surface area contributed by atoms with Gasteiger partial charge in [0.2, 0.25) is 5.95 Å². The predicted molar refractivity (Wildman–Crippen MR) is 152 cm³/mol. The number of para-hydroxylation sites is 1. The van der Waals surface area contributed by atoms with Crippen molar-refractivity contribution in [2.24, 2.45) is 0 Å². The number of carbonyl (C=O) groups excluding carboxylic acids is 2. The number of carbonyl (C=O) groups is 2. The van der Waals surface area contributed by atoms with Gasteiger partial charge in [-0.2, -0.15) is 0 Å². The number of aromatic nitrogens is 6. The molecule has 194 valence electrons. The molecule has 0 aliphatic rings. The van der Waals surface area contributed by atoms with Crippen molar-refractivity contribution < 1.29 is 9.59 Å². The largest absolute Gasteiger partial charge is 0.322 e. The van der Waals surface area contributed by atoms with Gasteiger partial charge in [0.05, 0.1) is 11.2 Å². The third-order valence-corrected chi connectivity index (χ3v) is 6.38. The normalized spacial score (nSPS) is 10.8. The van der Waals surface area contributed by atoms with E-state index in [2.05, 4.69) is 31.3 Å². The zero-order valence-corrected chi connectivity index (χ0v) is 21.3. The van der Waals surface area contributed by atoms with Gasteiger partial charge < -0.3 is 5.32 Å². The van der Waals surface area contributed by atoms with Crippen LogP contribution in [0.25, 0.3) is 33.5 Å². The van der Waals surface area contributed by atoms with Crippen LogP contribution in [0.3, 0.4) is 0 Å². The molecular weight excluding hydrogens is 504 g/mol. The SMILES string of the molecule is Cc1ccc(C(=O)Nc2nnn[nH]2)cc1NC(=O)c1ccc(-c2nc(-c3ccccc3)c3ccccc3n2)cc1. The predicted octanol–water partition coefficient (Wildman–Crippen LogP) is 5.29. The molecule has 2 amide bonds. The lowest BCUT2D eigenvalue weighted by atomic mass is 10.1. The molecule has 0 fully saturated rings. The Kier molecular flexibility index (Phi) is 6.47. The number of hydrogen-bond acceptors (Lipinski definition) is 7. The first-order chi connectivity index (χ1) is 19.5. The van der Waals surface area contributed by atoms with E-state index in [9.17, 15) is 9.59 Å². The maximum absolute atomic E-state index is 13.1. The van der Waals surface area contributed by atoms with Gasteiger partial charge in [-0.3, -0.25) is 14.9 Å². The Balaban J connectivity index is 1.24. The van der Waals surface area contributed by atoms with Crippen LogP contribution >= 0.6 is 0 Å². The van der Waals surface area contributed by atoms with Crippen LogP contribution in [-0.2, 0) is 0 Å². The van der Waals surface area contributed by atoms with Crippen molar-refractivity contribution in [3.8, 4) is 22.6 Å². The molecule has 6 rings (SSSR count). The number of tetrazole rings is 1. The molecule has 0 spiro atoms. The minimum atomic E-state index is -0.413. The van der Waals surface area contributed by atoms with Gasteiger partial charge in [-0.05, 0) is 53.2 Å². The molecule has 0 saturated heterocycles. The van der Waals surface area contributed by atoms with Crippen molar-refractivity contribution in [3.63, 3.8) is 0 Å². The summed E-state index contributed by atoms with van der Waals surface area (Å²) in [5.74, 6) is -0.0248. The standard InChI is InChI=1S/C30H22N8O2/c1-18-11-12-22(29(40)34-30-35-37-38-36-30)17-25(18)32-28(39)21-15-13-20(14-16-21)27-31-24-10-6-5-9-23(24)26(33-27)19-7-3-2-4-8-19/h2-17H,1H3,(H,32,39)(H2,34,35,36,37,38,40). The molecule has 2 heterocycles. The Morgan fingerprint density at radius 2 is 1.45 bits per heavy atom. The van der Waals surface area contributed by atoms with Crippen LogP contribution in [0.4, 0.5) is 11.6 Å².